The Kier molecular flexibility index (Phi) is 4.81. The number of hydrogen-bond donors (Lipinski definition) is 1. The molecule has 0 atom stereocenters. The third-order valence-electron chi connectivity index (χ3n) is 4.05. The molecule has 0 aromatic heterocycles. The zero-order chi connectivity index (χ0) is 14.8. The van der Waals surface area contributed by atoms with Crippen LogP contribution in [-0.2, 0) is 11.3 Å². The minimum Gasteiger partial charge on any atom is -0.392 e. The van der Waals surface area contributed by atoms with E-state index >= 15 is 0 Å². The minimum absolute atomic E-state index is 0.0539. The van der Waals surface area contributed by atoms with Crippen molar-refractivity contribution < 1.29 is 4.79 Å². The number of thiocarbonyl (C=S) groups is 1. The van der Waals surface area contributed by atoms with Crippen molar-refractivity contribution in [1.29, 1.82) is 0 Å². The summed E-state index contributed by atoms with van der Waals surface area (Å²) >= 11 is 8.69. The lowest BCUT2D eigenvalue weighted by Gasteiger charge is -2.31. The van der Waals surface area contributed by atoms with Gasteiger partial charge in [-0.1, -0.05) is 59.2 Å². The van der Waals surface area contributed by atoms with E-state index in [-0.39, 0.29) is 5.91 Å². The topological polar surface area (TPSA) is 46.3 Å². The molecule has 0 radical (unpaired) electrons. The van der Waals surface area contributed by atoms with Crippen molar-refractivity contribution >= 4 is 39.0 Å². The molecule has 1 aromatic carbocycles. The number of carbonyl (C=O) groups excluding carboxylic acids is 1. The van der Waals surface area contributed by atoms with Crippen LogP contribution in [0.1, 0.15) is 31.2 Å². The summed E-state index contributed by atoms with van der Waals surface area (Å²) < 4.78 is 1.01. The molecule has 108 valence electrons. The number of rotatable bonds is 4. The monoisotopic (exact) mass is 354 g/mol. The predicted molar refractivity (Wildman–Crippen MR) is 88.3 cm³/mol. The molecule has 20 heavy (non-hydrogen) atoms. The molecule has 0 unspecified atom stereocenters. The summed E-state index contributed by atoms with van der Waals surface area (Å²) in [6.45, 7) is 0.560. The van der Waals surface area contributed by atoms with E-state index in [1.165, 1.54) is 0 Å². The molecular formula is C15H19BrN2OS. The molecule has 2 N–H and O–H groups in total. The van der Waals surface area contributed by atoms with Crippen molar-refractivity contribution in [2.45, 2.75) is 32.2 Å². The van der Waals surface area contributed by atoms with Crippen molar-refractivity contribution in [1.82, 2.24) is 4.90 Å². The molecule has 1 saturated carbocycles. The van der Waals surface area contributed by atoms with Gasteiger partial charge in [0.2, 0.25) is 5.91 Å². The largest absolute Gasteiger partial charge is 0.392 e. The quantitative estimate of drug-likeness (QED) is 0.844. The maximum absolute atomic E-state index is 12.8. The van der Waals surface area contributed by atoms with Crippen LogP contribution in [0.4, 0.5) is 0 Å². The third-order valence-corrected chi connectivity index (χ3v) is 5.21. The standard InChI is InChI=1S/C15H19BrN2OS/c1-18(10-11-6-2-3-7-12(11)16)14(19)15(13(17)20)8-4-5-9-15/h2-3,6-7H,4-5,8-10H2,1H3,(H2,17,20). The molecule has 3 nitrogen and oxygen atoms in total. The van der Waals surface area contributed by atoms with Crippen molar-refractivity contribution in [2.24, 2.45) is 11.1 Å². The Morgan fingerprint density at radius 2 is 2.00 bits per heavy atom. The summed E-state index contributed by atoms with van der Waals surface area (Å²) in [6, 6.07) is 7.92. The average molecular weight is 355 g/mol. The number of benzene rings is 1. The highest BCUT2D eigenvalue weighted by Crippen LogP contribution is 2.40. The van der Waals surface area contributed by atoms with Gasteiger partial charge in [-0.15, -0.1) is 0 Å². The highest BCUT2D eigenvalue weighted by molar-refractivity contribution is 9.10. The Morgan fingerprint density at radius 3 is 2.55 bits per heavy atom. The van der Waals surface area contributed by atoms with Gasteiger partial charge in [-0.2, -0.15) is 0 Å². The number of amides is 1. The van der Waals surface area contributed by atoms with Crippen LogP contribution >= 0.6 is 28.1 Å². The van der Waals surface area contributed by atoms with Crippen LogP contribution in [0.2, 0.25) is 0 Å². The van der Waals surface area contributed by atoms with Gasteiger partial charge in [0.05, 0.1) is 10.4 Å². The molecule has 0 saturated heterocycles. The molecule has 0 bridgehead atoms. The lowest BCUT2D eigenvalue weighted by molar-refractivity contribution is -0.137. The molecule has 1 aromatic rings. The maximum Gasteiger partial charge on any atom is 0.235 e. The highest BCUT2D eigenvalue weighted by atomic mass is 79.9. The fourth-order valence-electron chi connectivity index (χ4n) is 2.86. The number of halogens is 1. The molecule has 1 aliphatic carbocycles. The van der Waals surface area contributed by atoms with Gasteiger partial charge in [0, 0.05) is 18.1 Å². The number of hydrogen-bond acceptors (Lipinski definition) is 2. The van der Waals surface area contributed by atoms with Crippen LogP contribution in [0.15, 0.2) is 28.7 Å². The Morgan fingerprint density at radius 1 is 1.40 bits per heavy atom. The van der Waals surface area contributed by atoms with E-state index in [0.717, 1.165) is 35.7 Å². The molecule has 1 amide bonds. The SMILES string of the molecule is CN(Cc1ccccc1Br)C(=O)C1(C(N)=S)CCCC1. The number of nitrogens with two attached hydrogens (primary N) is 1. The van der Waals surface area contributed by atoms with Gasteiger partial charge >= 0.3 is 0 Å². The third kappa shape index (κ3) is 2.88. The number of carbonyl (C=O) groups is 1. The Bertz CT molecular complexity index is 526. The van der Waals surface area contributed by atoms with Crippen LogP contribution < -0.4 is 5.73 Å². The summed E-state index contributed by atoms with van der Waals surface area (Å²) in [5.74, 6) is 0.0539. The van der Waals surface area contributed by atoms with Crippen molar-refractivity contribution in [3.8, 4) is 0 Å². The predicted octanol–water partition coefficient (Wildman–Crippen LogP) is 3.25. The fourth-order valence-corrected chi connectivity index (χ4v) is 3.57. The first-order valence-corrected chi connectivity index (χ1v) is 7.96. The normalized spacial score (nSPS) is 16.9. The van der Waals surface area contributed by atoms with Crippen molar-refractivity contribution in [3.63, 3.8) is 0 Å². The Balaban J connectivity index is 2.16. The lowest BCUT2D eigenvalue weighted by Crippen LogP contribution is -2.47. The minimum atomic E-state index is -0.620. The van der Waals surface area contributed by atoms with Gasteiger partial charge in [0.15, 0.2) is 0 Å². The second-order valence-electron chi connectivity index (χ2n) is 5.41. The van der Waals surface area contributed by atoms with Crippen LogP contribution in [0.5, 0.6) is 0 Å². The first kappa shape index (κ1) is 15.4. The van der Waals surface area contributed by atoms with Gasteiger partial charge in [0.25, 0.3) is 0 Å². The van der Waals surface area contributed by atoms with E-state index in [4.69, 9.17) is 18.0 Å². The van der Waals surface area contributed by atoms with Crippen molar-refractivity contribution in [3.05, 3.63) is 34.3 Å². The molecule has 1 aliphatic rings. The summed E-state index contributed by atoms with van der Waals surface area (Å²) in [5.41, 5.74) is 6.33. The zero-order valence-electron chi connectivity index (χ0n) is 11.6. The van der Waals surface area contributed by atoms with Crippen molar-refractivity contribution in [2.75, 3.05) is 7.05 Å². The Labute approximate surface area is 133 Å². The molecule has 0 heterocycles. The first-order valence-electron chi connectivity index (χ1n) is 6.76. The Hall–Kier alpha value is -0.940. The van der Waals surface area contributed by atoms with Gasteiger partial charge in [0.1, 0.15) is 0 Å². The van der Waals surface area contributed by atoms with Crippen LogP contribution in [0, 0.1) is 5.41 Å². The second-order valence-corrected chi connectivity index (χ2v) is 6.70. The molecule has 5 heteroatoms. The van der Waals surface area contributed by atoms with Crippen LogP contribution in [0.3, 0.4) is 0 Å². The summed E-state index contributed by atoms with van der Waals surface area (Å²) in [7, 11) is 1.82. The summed E-state index contributed by atoms with van der Waals surface area (Å²) in [6.07, 6.45) is 3.60. The lowest BCUT2D eigenvalue weighted by atomic mass is 9.84. The molecule has 0 spiro atoms. The summed E-state index contributed by atoms with van der Waals surface area (Å²) in [5, 5.41) is 0. The summed E-state index contributed by atoms with van der Waals surface area (Å²) in [4.78, 5) is 14.9. The van der Waals surface area contributed by atoms with Gasteiger partial charge in [-0.05, 0) is 24.5 Å². The van der Waals surface area contributed by atoms with Gasteiger partial charge in [-0.3, -0.25) is 4.79 Å². The number of nitrogens with zero attached hydrogens (tertiary/aromatic N) is 1. The van der Waals surface area contributed by atoms with Crippen LogP contribution in [-0.4, -0.2) is 22.8 Å². The van der Waals surface area contributed by atoms with E-state index < -0.39 is 5.41 Å². The van der Waals surface area contributed by atoms with Gasteiger partial charge < -0.3 is 10.6 Å². The van der Waals surface area contributed by atoms with Crippen LogP contribution in [0.25, 0.3) is 0 Å². The second kappa shape index (κ2) is 6.22. The van der Waals surface area contributed by atoms with E-state index in [0.29, 0.717) is 11.5 Å². The maximum atomic E-state index is 12.8. The molecule has 0 aliphatic heterocycles. The highest BCUT2D eigenvalue weighted by Gasteiger charge is 2.45. The van der Waals surface area contributed by atoms with Gasteiger partial charge in [-0.25, -0.2) is 0 Å². The van der Waals surface area contributed by atoms with E-state index in [1.807, 2.05) is 31.3 Å². The molecule has 2 rings (SSSR count). The zero-order valence-corrected chi connectivity index (χ0v) is 14.0. The fraction of sp³-hybridized carbons (Fsp3) is 0.467. The molecule has 1 fully saturated rings. The molecular weight excluding hydrogens is 336 g/mol. The van der Waals surface area contributed by atoms with E-state index in [2.05, 4.69) is 15.9 Å². The smallest absolute Gasteiger partial charge is 0.235 e. The first-order chi connectivity index (χ1) is 9.47. The average Bonchev–Trinajstić information content (AvgIpc) is 2.91. The van der Waals surface area contributed by atoms with E-state index in [9.17, 15) is 4.79 Å². The van der Waals surface area contributed by atoms with E-state index in [1.54, 1.807) is 4.90 Å².